The molecule has 0 spiro atoms. The monoisotopic (exact) mass is 454 g/mol. The van der Waals surface area contributed by atoms with Crippen LogP contribution in [0, 0.1) is 5.82 Å². The van der Waals surface area contributed by atoms with Crippen LogP contribution in [0.4, 0.5) is 14.6 Å². The molecule has 1 aliphatic heterocycles. The lowest BCUT2D eigenvalue weighted by atomic mass is 9.90. The molecule has 10 heteroatoms. The molecule has 33 heavy (non-hydrogen) atoms. The molecule has 0 amide bonds. The molecule has 3 heterocycles. The molecule has 2 N–H and O–H groups in total. The fourth-order valence-corrected chi connectivity index (χ4v) is 4.34. The van der Waals surface area contributed by atoms with E-state index in [4.69, 9.17) is 4.74 Å². The van der Waals surface area contributed by atoms with Crippen LogP contribution in [0.3, 0.4) is 0 Å². The molecule has 1 aromatic carbocycles. The number of phenolic OH excluding ortho intramolecular Hbond substituents is 1. The first-order valence-corrected chi connectivity index (χ1v) is 10.9. The van der Waals surface area contributed by atoms with Crippen LogP contribution in [0.1, 0.15) is 19.3 Å². The molecule has 2 aromatic heterocycles. The zero-order valence-corrected chi connectivity index (χ0v) is 18.1. The number of anilines is 1. The van der Waals surface area contributed by atoms with Crippen LogP contribution in [0.5, 0.6) is 11.6 Å². The Morgan fingerprint density at radius 1 is 1.09 bits per heavy atom. The Hall–Kier alpha value is -3.40. The van der Waals surface area contributed by atoms with E-state index in [-0.39, 0.29) is 28.8 Å². The Labute approximate surface area is 189 Å². The number of alkyl halides is 1. The van der Waals surface area contributed by atoms with Crippen LogP contribution in [0.2, 0.25) is 0 Å². The third kappa shape index (κ3) is 4.43. The summed E-state index contributed by atoms with van der Waals surface area (Å²) in [5, 5.41) is 30.1. The number of halogens is 2. The molecule has 2 fully saturated rings. The zero-order valence-electron chi connectivity index (χ0n) is 18.1. The highest BCUT2D eigenvalue weighted by atomic mass is 19.1. The van der Waals surface area contributed by atoms with Crippen molar-refractivity contribution in [2.75, 3.05) is 25.1 Å². The van der Waals surface area contributed by atoms with Gasteiger partial charge in [-0.3, -0.25) is 0 Å². The number of methoxy groups -OCH3 is 1. The first-order chi connectivity index (χ1) is 16.0. The molecule has 0 bridgehead atoms. The third-order valence-electron chi connectivity index (χ3n) is 6.23. The van der Waals surface area contributed by atoms with Crippen molar-refractivity contribution in [3.63, 3.8) is 0 Å². The van der Waals surface area contributed by atoms with Crippen LogP contribution < -0.4 is 15.0 Å². The predicted octanol–water partition coefficient (Wildman–Crippen LogP) is 3.12. The Kier molecular flexibility index (Phi) is 5.76. The van der Waals surface area contributed by atoms with E-state index in [9.17, 15) is 13.9 Å². The van der Waals surface area contributed by atoms with Crippen LogP contribution in [0.25, 0.3) is 22.4 Å². The molecule has 1 saturated carbocycles. The maximum Gasteiger partial charge on any atom is 0.233 e. The first-order valence-electron chi connectivity index (χ1n) is 10.9. The summed E-state index contributed by atoms with van der Waals surface area (Å²) >= 11 is 0. The van der Waals surface area contributed by atoms with Crippen molar-refractivity contribution >= 4 is 5.82 Å². The topological polar surface area (TPSA) is 96.3 Å². The van der Waals surface area contributed by atoms with E-state index in [1.54, 1.807) is 6.07 Å². The number of phenols is 1. The van der Waals surface area contributed by atoms with Gasteiger partial charge in [-0.25, -0.2) is 8.78 Å². The maximum atomic E-state index is 14.9. The van der Waals surface area contributed by atoms with Gasteiger partial charge < -0.3 is 20.1 Å². The van der Waals surface area contributed by atoms with Crippen LogP contribution in [-0.4, -0.2) is 64.0 Å². The van der Waals surface area contributed by atoms with Gasteiger partial charge in [-0.05, 0) is 43.5 Å². The van der Waals surface area contributed by atoms with Gasteiger partial charge in [0.05, 0.1) is 19.0 Å². The lowest BCUT2D eigenvalue weighted by molar-refractivity contribution is 0.148. The minimum Gasteiger partial charge on any atom is -0.507 e. The van der Waals surface area contributed by atoms with Gasteiger partial charge in [0.15, 0.2) is 5.82 Å². The summed E-state index contributed by atoms with van der Waals surface area (Å²) in [6.07, 6.45) is 2.87. The number of benzene rings is 1. The SMILES string of the molecule is COc1cc(-c2cc(O)c(-c3ccc(N4CCC(N[C@H]5C[C@@H](F)C5)C4)nn3)cc2F)cnn1. The second-order valence-corrected chi connectivity index (χ2v) is 8.48. The Morgan fingerprint density at radius 3 is 2.67 bits per heavy atom. The lowest BCUT2D eigenvalue weighted by Crippen LogP contribution is -2.48. The minimum atomic E-state index is -0.669. The highest BCUT2D eigenvalue weighted by molar-refractivity contribution is 5.75. The van der Waals surface area contributed by atoms with Gasteiger partial charge in [-0.1, -0.05) is 0 Å². The summed E-state index contributed by atoms with van der Waals surface area (Å²) < 4.78 is 32.9. The average Bonchev–Trinajstić information content (AvgIpc) is 3.28. The van der Waals surface area contributed by atoms with E-state index in [2.05, 4.69) is 30.6 Å². The molecule has 1 aliphatic carbocycles. The van der Waals surface area contributed by atoms with Crippen molar-refractivity contribution in [2.45, 2.75) is 37.5 Å². The molecule has 5 rings (SSSR count). The lowest BCUT2D eigenvalue weighted by Gasteiger charge is -2.33. The second kappa shape index (κ2) is 8.86. The first kappa shape index (κ1) is 21.4. The smallest absolute Gasteiger partial charge is 0.233 e. The third-order valence-corrected chi connectivity index (χ3v) is 6.23. The largest absolute Gasteiger partial charge is 0.507 e. The average molecular weight is 454 g/mol. The molecule has 1 saturated heterocycles. The maximum absolute atomic E-state index is 14.9. The van der Waals surface area contributed by atoms with E-state index in [1.165, 1.54) is 31.5 Å². The van der Waals surface area contributed by atoms with Crippen molar-refractivity contribution in [1.82, 2.24) is 25.7 Å². The highest BCUT2D eigenvalue weighted by Crippen LogP contribution is 2.35. The number of hydrogen-bond acceptors (Lipinski definition) is 8. The fraction of sp³-hybridized carbons (Fsp3) is 0.391. The van der Waals surface area contributed by atoms with E-state index in [1.807, 2.05) is 6.07 Å². The summed E-state index contributed by atoms with van der Waals surface area (Å²) in [4.78, 5) is 2.12. The van der Waals surface area contributed by atoms with Crippen molar-refractivity contribution in [3.8, 4) is 34.0 Å². The number of nitrogens with zero attached hydrogens (tertiary/aromatic N) is 5. The fourth-order valence-electron chi connectivity index (χ4n) is 4.34. The van der Waals surface area contributed by atoms with Crippen LogP contribution in [0.15, 0.2) is 36.5 Å². The number of aromatic nitrogens is 4. The molecule has 3 aromatic rings. The van der Waals surface area contributed by atoms with Crippen molar-refractivity contribution in [1.29, 1.82) is 0 Å². The Balaban J connectivity index is 1.30. The van der Waals surface area contributed by atoms with Gasteiger partial charge in [0.2, 0.25) is 5.88 Å². The normalized spacial score (nSPS) is 22.3. The molecule has 0 radical (unpaired) electrons. The Morgan fingerprint density at radius 2 is 1.94 bits per heavy atom. The van der Waals surface area contributed by atoms with E-state index < -0.39 is 12.0 Å². The Bertz CT molecular complexity index is 1140. The van der Waals surface area contributed by atoms with E-state index >= 15 is 0 Å². The van der Waals surface area contributed by atoms with E-state index in [0.717, 1.165) is 19.5 Å². The van der Waals surface area contributed by atoms with Gasteiger partial charge in [0.25, 0.3) is 0 Å². The quantitative estimate of drug-likeness (QED) is 0.587. The van der Waals surface area contributed by atoms with Crippen molar-refractivity contribution < 1.29 is 18.6 Å². The molecule has 1 unspecified atom stereocenters. The summed E-state index contributed by atoms with van der Waals surface area (Å²) in [6.45, 7) is 1.61. The van der Waals surface area contributed by atoms with Gasteiger partial charge in [0, 0.05) is 47.9 Å². The molecule has 8 nitrogen and oxygen atoms in total. The molecule has 2 aliphatic rings. The second-order valence-electron chi connectivity index (χ2n) is 8.48. The highest BCUT2D eigenvalue weighted by Gasteiger charge is 2.33. The number of nitrogens with one attached hydrogen (secondary N) is 1. The molecular formula is C23H24F2N6O2. The van der Waals surface area contributed by atoms with Crippen LogP contribution in [-0.2, 0) is 0 Å². The summed E-state index contributed by atoms with van der Waals surface area (Å²) in [6, 6.07) is 8.20. The molecular weight excluding hydrogens is 430 g/mol. The van der Waals surface area contributed by atoms with Crippen molar-refractivity contribution in [3.05, 3.63) is 42.3 Å². The minimum absolute atomic E-state index is 0.124. The summed E-state index contributed by atoms with van der Waals surface area (Å²) in [7, 11) is 1.45. The van der Waals surface area contributed by atoms with E-state index in [0.29, 0.717) is 36.0 Å². The van der Waals surface area contributed by atoms with Crippen molar-refractivity contribution in [2.24, 2.45) is 0 Å². The number of ether oxygens (including phenoxy) is 1. The summed E-state index contributed by atoms with van der Waals surface area (Å²) in [5.74, 6) is 0.298. The number of aromatic hydroxyl groups is 1. The molecule has 172 valence electrons. The predicted molar refractivity (Wildman–Crippen MR) is 118 cm³/mol. The number of hydrogen-bond donors (Lipinski definition) is 2. The van der Waals surface area contributed by atoms with Gasteiger partial charge in [-0.15, -0.1) is 15.3 Å². The van der Waals surface area contributed by atoms with Gasteiger partial charge in [0.1, 0.15) is 17.7 Å². The molecule has 1 atom stereocenters. The van der Waals surface area contributed by atoms with Crippen LogP contribution >= 0.6 is 0 Å². The summed E-state index contributed by atoms with van der Waals surface area (Å²) in [5.41, 5.74) is 1.22. The van der Waals surface area contributed by atoms with Gasteiger partial charge in [-0.2, -0.15) is 5.10 Å². The standard InChI is InChI=1S/C23H24F2N6O2/c1-33-23-6-13(11-26-30-23)17-10-21(32)18(9-19(17)25)20-2-3-22(29-28-20)31-5-4-15(12-31)27-16-7-14(24)8-16/h2-3,6,9-11,14-16,27,32H,4-5,7-8,12H2,1H3/t14-,15?,16+. The zero-order chi connectivity index (χ0) is 22.9. The number of rotatable bonds is 6. The van der Waals surface area contributed by atoms with Gasteiger partial charge >= 0.3 is 0 Å².